The van der Waals surface area contributed by atoms with E-state index in [4.69, 9.17) is 16.7 Å². The summed E-state index contributed by atoms with van der Waals surface area (Å²) >= 11 is 6.02. The van der Waals surface area contributed by atoms with Crippen LogP contribution in [0.15, 0.2) is 30.3 Å². The first-order valence-corrected chi connectivity index (χ1v) is 10.8. The van der Waals surface area contributed by atoms with Gasteiger partial charge in [-0.2, -0.15) is 5.10 Å². The largest absolute Gasteiger partial charge is 0.333 e. The quantitative estimate of drug-likeness (QED) is 0.678. The molecule has 31 heavy (non-hydrogen) atoms. The van der Waals surface area contributed by atoms with E-state index >= 15 is 0 Å². The molecule has 0 aliphatic heterocycles. The Morgan fingerprint density at radius 3 is 2.16 bits per heavy atom. The van der Waals surface area contributed by atoms with Gasteiger partial charge in [-0.3, -0.25) is 4.79 Å². The van der Waals surface area contributed by atoms with Crippen molar-refractivity contribution in [2.45, 2.75) is 72.4 Å². The number of anilines is 1. The number of amides is 3. The normalized spacial score (nSPS) is 12.1. The van der Waals surface area contributed by atoms with E-state index in [0.29, 0.717) is 10.8 Å². The van der Waals surface area contributed by atoms with Gasteiger partial charge in [0, 0.05) is 28.1 Å². The lowest BCUT2D eigenvalue weighted by atomic mass is 9.92. The highest BCUT2D eigenvalue weighted by atomic mass is 35.5. The molecular weight excluding hydrogens is 414 g/mol. The molecule has 2 rings (SSSR count). The number of hydrogen-bond acceptors (Lipinski definition) is 3. The maximum atomic E-state index is 12.9. The third-order valence-corrected chi connectivity index (χ3v) is 4.75. The van der Waals surface area contributed by atoms with Crippen molar-refractivity contribution >= 4 is 29.4 Å². The molecule has 0 aliphatic carbocycles. The van der Waals surface area contributed by atoms with Crippen LogP contribution in [0, 0.1) is 0 Å². The molecule has 0 unspecified atom stereocenters. The highest BCUT2D eigenvalue weighted by Crippen LogP contribution is 2.27. The fourth-order valence-corrected chi connectivity index (χ4v) is 2.96. The van der Waals surface area contributed by atoms with E-state index in [1.807, 2.05) is 52.8 Å². The fraction of sp³-hybridized carbons (Fsp3) is 0.522. The predicted molar refractivity (Wildman–Crippen MR) is 126 cm³/mol. The zero-order valence-corrected chi connectivity index (χ0v) is 20.5. The number of nitrogens with zero attached hydrogens (tertiary/aromatic N) is 3. The number of aromatic nitrogens is 2. The number of carbonyl (C=O) groups excluding carboxylic acids is 2. The van der Waals surface area contributed by atoms with E-state index in [0.717, 1.165) is 11.4 Å². The van der Waals surface area contributed by atoms with Gasteiger partial charge < -0.3 is 15.5 Å². The molecule has 7 nitrogen and oxygen atoms in total. The molecule has 0 bridgehead atoms. The van der Waals surface area contributed by atoms with Crippen LogP contribution in [0.2, 0.25) is 5.02 Å². The molecule has 170 valence electrons. The van der Waals surface area contributed by atoms with E-state index < -0.39 is 5.54 Å². The van der Waals surface area contributed by atoms with Gasteiger partial charge in [-0.25, -0.2) is 9.48 Å². The molecule has 1 heterocycles. The SMILES string of the molecule is CC(C)N(CC(=O)Nc1cc(C(C)(C)C)nn1-c1ccc(Cl)cc1)C(=O)NC(C)(C)C. The zero-order valence-electron chi connectivity index (χ0n) is 19.7. The molecule has 1 aromatic heterocycles. The average Bonchev–Trinajstić information content (AvgIpc) is 3.02. The minimum atomic E-state index is -0.393. The van der Waals surface area contributed by atoms with Gasteiger partial charge >= 0.3 is 6.03 Å². The summed E-state index contributed by atoms with van der Waals surface area (Å²) in [7, 11) is 0. The van der Waals surface area contributed by atoms with Crippen LogP contribution in [0.5, 0.6) is 0 Å². The number of rotatable bonds is 5. The lowest BCUT2D eigenvalue weighted by molar-refractivity contribution is -0.117. The van der Waals surface area contributed by atoms with Gasteiger partial charge in [0.25, 0.3) is 0 Å². The minimum Gasteiger partial charge on any atom is -0.333 e. The summed E-state index contributed by atoms with van der Waals surface area (Å²) in [5.74, 6) is 0.241. The lowest BCUT2D eigenvalue weighted by Gasteiger charge is -2.30. The highest BCUT2D eigenvalue weighted by Gasteiger charge is 2.26. The number of benzene rings is 1. The molecule has 2 N–H and O–H groups in total. The molecule has 2 aromatic rings. The molecule has 1 aromatic carbocycles. The van der Waals surface area contributed by atoms with Crippen LogP contribution in [0.4, 0.5) is 10.6 Å². The van der Waals surface area contributed by atoms with Gasteiger partial charge in [-0.1, -0.05) is 32.4 Å². The summed E-state index contributed by atoms with van der Waals surface area (Å²) in [5.41, 5.74) is 1.02. The van der Waals surface area contributed by atoms with Crippen molar-refractivity contribution < 1.29 is 9.59 Å². The molecule has 8 heteroatoms. The topological polar surface area (TPSA) is 79.3 Å². The molecule has 3 amide bonds. The lowest BCUT2D eigenvalue weighted by Crippen LogP contribution is -2.52. The smallest absolute Gasteiger partial charge is 0.318 e. The Morgan fingerprint density at radius 2 is 1.68 bits per heavy atom. The number of urea groups is 1. The molecule has 0 spiro atoms. The molecule has 0 fully saturated rings. The van der Waals surface area contributed by atoms with E-state index in [2.05, 4.69) is 31.4 Å². The van der Waals surface area contributed by atoms with Crippen molar-refractivity contribution in [2.24, 2.45) is 0 Å². The maximum absolute atomic E-state index is 12.9. The van der Waals surface area contributed by atoms with Gasteiger partial charge in [-0.05, 0) is 58.9 Å². The first-order valence-electron chi connectivity index (χ1n) is 10.4. The van der Waals surface area contributed by atoms with Gasteiger partial charge in [0.1, 0.15) is 12.4 Å². The summed E-state index contributed by atoms with van der Waals surface area (Å²) in [6, 6.07) is 8.68. The minimum absolute atomic E-state index is 0.0732. The second-order valence-corrected chi connectivity index (χ2v) is 10.4. The summed E-state index contributed by atoms with van der Waals surface area (Å²) in [6.07, 6.45) is 0. The number of hydrogen-bond donors (Lipinski definition) is 2. The highest BCUT2D eigenvalue weighted by molar-refractivity contribution is 6.30. The van der Waals surface area contributed by atoms with Crippen LogP contribution >= 0.6 is 11.6 Å². The van der Waals surface area contributed by atoms with Crippen molar-refractivity contribution in [1.29, 1.82) is 0 Å². The Labute approximate surface area is 190 Å². The summed E-state index contributed by atoms with van der Waals surface area (Å²) in [4.78, 5) is 27.1. The van der Waals surface area contributed by atoms with E-state index in [-0.39, 0.29) is 29.9 Å². The molecule has 0 saturated carbocycles. The third-order valence-electron chi connectivity index (χ3n) is 4.50. The zero-order chi connectivity index (χ0) is 23.6. The molecule has 0 saturated heterocycles. The Kier molecular flexibility index (Phi) is 7.42. The van der Waals surface area contributed by atoms with Crippen molar-refractivity contribution in [2.75, 3.05) is 11.9 Å². The van der Waals surface area contributed by atoms with Crippen molar-refractivity contribution in [3.63, 3.8) is 0 Å². The Bertz CT molecular complexity index is 921. The second-order valence-electron chi connectivity index (χ2n) is 10.0. The molecular formula is C23H34ClN5O2. The van der Waals surface area contributed by atoms with E-state index in [1.165, 1.54) is 4.90 Å². The van der Waals surface area contributed by atoms with Gasteiger partial charge in [0.05, 0.1) is 11.4 Å². The summed E-state index contributed by atoms with van der Waals surface area (Å²) < 4.78 is 1.68. The molecule has 0 atom stereocenters. The standard InChI is InChI=1S/C23H34ClN5O2/c1-15(2)28(21(31)26-23(6,7)8)14-20(30)25-19-13-18(22(3,4)5)27-29(19)17-11-9-16(24)10-12-17/h9-13,15H,14H2,1-8H3,(H,25,30)(H,26,31). The average molecular weight is 448 g/mol. The molecule has 0 radical (unpaired) electrons. The summed E-state index contributed by atoms with van der Waals surface area (Å²) in [6.45, 7) is 15.6. The van der Waals surface area contributed by atoms with Crippen molar-refractivity contribution in [3.05, 3.63) is 41.0 Å². The first kappa shape index (κ1) is 24.7. The number of carbonyl (C=O) groups is 2. The fourth-order valence-electron chi connectivity index (χ4n) is 2.83. The van der Waals surface area contributed by atoms with Crippen LogP contribution in [0.25, 0.3) is 5.69 Å². The van der Waals surface area contributed by atoms with E-state index in [9.17, 15) is 9.59 Å². The van der Waals surface area contributed by atoms with Crippen LogP contribution in [-0.4, -0.2) is 44.7 Å². The van der Waals surface area contributed by atoms with Gasteiger partial charge in [-0.15, -0.1) is 0 Å². The maximum Gasteiger partial charge on any atom is 0.318 e. The number of halogens is 1. The van der Waals surface area contributed by atoms with Crippen LogP contribution in [0.1, 0.15) is 61.1 Å². The first-order chi connectivity index (χ1) is 14.2. The second kappa shape index (κ2) is 9.30. The Hall–Kier alpha value is -2.54. The Balaban J connectivity index is 2.29. The molecule has 0 aliphatic rings. The van der Waals surface area contributed by atoms with Crippen molar-refractivity contribution in [1.82, 2.24) is 20.0 Å². The number of nitrogens with one attached hydrogen (secondary N) is 2. The van der Waals surface area contributed by atoms with E-state index in [1.54, 1.807) is 16.8 Å². The van der Waals surface area contributed by atoms with Crippen molar-refractivity contribution in [3.8, 4) is 5.69 Å². The Morgan fingerprint density at radius 1 is 1.10 bits per heavy atom. The third kappa shape index (κ3) is 6.99. The van der Waals surface area contributed by atoms with Crippen LogP contribution < -0.4 is 10.6 Å². The van der Waals surface area contributed by atoms with Crippen LogP contribution in [-0.2, 0) is 10.2 Å². The monoisotopic (exact) mass is 447 g/mol. The van der Waals surface area contributed by atoms with Crippen LogP contribution in [0.3, 0.4) is 0 Å². The van der Waals surface area contributed by atoms with Gasteiger partial charge in [0.15, 0.2) is 0 Å². The van der Waals surface area contributed by atoms with Gasteiger partial charge in [0.2, 0.25) is 5.91 Å². The summed E-state index contributed by atoms with van der Waals surface area (Å²) in [5, 5.41) is 11.2. The predicted octanol–water partition coefficient (Wildman–Crippen LogP) is 4.98.